The highest BCUT2D eigenvalue weighted by molar-refractivity contribution is 6.04. The van der Waals surface area contributed by atoms with Crippen LogP contribution in [0.3, 0.4) is 0 Å². The lowest BCUT2D eigenvalue weighted by Crippen LogP contribution is -2.35. The molecule has 3 rings (SSSR count). The van der Waals surface area contributed by atoms with E-state index in [1.54, 1.807) is 49.4 Å². The van der Waals surface area contributed by atoms with Gasteiger partial charge >= 0.3 is 0 Å². The van der Waals surface area contributed by atoms with E-state index in [-0.39, 0.29) is 17.7 Å². The minimum Gasteiger partial charge on any atom is -0.507 e. The second-order valence-corrected chi connectivity index (χ2v) is 7.64. The number of nitrogens with one attached hydrogen (secondary N) is 2. The monoisotopic (exact) mass is 445 g/mol. The fourth-order valence-electron chi connectivity index (χ4n) is 3.17. The third-order valence-corrected chi connectivity index (χ3v) is 4.91. The molecule has 0 saturated heterocycles. The molecule has 0 unspecified atom stereocenters. The van der Waals surface area contributed by atoms with Gasteiger partial charge in [0.2, 0.25) is 6.10 Å². The average molecular weight is 446 g/mol. The molecule has 0 aliphatic rings. The van der Waals surface area contributed by atoms with Crippen molar-refractivity contribution in [1.82, 2.24) is 5.32 Å². The summed E-state index contributed by atoms with van der Waals surface area (Å²) in [5, 5.41) is 19.2. The van der Waals surface area contributed by atoms with Crippen molar-refractivity contribution in [3.63, 3.8) is 0 Å². The number of anilines is 1. The molecule has 0 bridgehead atoms. The van der Waals surface area contributed by atoms with Gasteiger partial charge in [0.1, 0.15) is 5.75 Å². The van der Waals surface area contributed by atoms with Gasteiger partial charge in [-0.15, -0.1) is 0 Å². The fourth-order valence-corrected chi connectivity index (χ4v) is 3.17. The molecule has 33 heavy (non-hydrogen) atoms. The van der Waals surface area contributed by atoms with Gasteiger partial charge in [0.15, 0.2) is 0 Å². The van der Waals surface area contributed by atoms with Crippen LogP contribution in [0, 0.1) is 0 Å². The van der Waals surface area contributed by atoms with Crippen LogP contribution in [0.1, 0.15) is 35.3 Å². The molecule has 3 aromatic rings. The first-order valence-electron chi connectivity index (χ1n) is 10.7. The van der Waals surface area contributed by atoms with Crippen molar-refractivity contribution in [2.75, 3.05) is 5.32 Å². The zero-order chi connectivity index (χ0) is 23.6. The molecule has 0 spiro atoms. The third kappa shape index (κ3) is 6.93. The first-order valence-corrected chi connectivity index (χ1v) is 10.7. The molecule has 0 aliphatic heterocycles. The Morgan fingerprint density at radius 1 is 0.970 bits per heavy atom. The maximum atomic E-state index is 12.8. The first-order chi connectivity index (χ1) is 15.9. The quantitative estimate of drug-likeness (QED) is 0.341. The summed E-state index contributed by atoms with van der Waals surface area (Å²) in [5.41, 5.74) is 2.33. The van der Waals surface area contributed by atoms with Crippen LogP contribution in [-0.2, 0) is 16.1 Å². The molecule has 0 aromatic heterocycles. The highest BCUT2D eigenvalue weighted by Crippen LogP contribution is 2.17. The summed E-state index contributed by atoms with van der Waals surface area (Å²) in [6.07, 6.45) is 1.11. The zero-order valence-electron chi connectivity index (χ0n) is 18.6. The zero-order valence-corrected chi connectivity index (χ0v) is 18.6. The second kappa shape index (κ2) is 11.5. The standard InChI is InChI=1S/C26H27N3O4/c1-18(16-20-10-4-3-5-11-20)28-26(32)22-13-7-8-14-23(22)29-25(31)19(2)33-27-17-21-12-6-9-15-24(21)30/h3-15,17-19,30H,16H2,1-2H3,(H,28,32)(H,29,31)/b27-17+/t18-,19-/m1/s1. The Labute approximate surface area is 193 Å². The Balaban J connectivity index is 1.59. The van der Waals surface area contributed by atoms with Crippen LogP contribution in [0.25, 0.3) is 0 Å². The lowest BCUT2D eigenvalue weighted by Gasteiger charge is -2.17. The third-order valence-electron chi connectivity index (χ3n) is 4.91. The summed E-state index contributed by atoms with van der Waals surface area (Å²) < 4.78 is 0. The molecule has 3 N–H and O–H groups in total. The lowest BCUT2D eigenvalue weighted by molar-refractivity contribution is -0.126. The van der Waals surface area contributed by atoms with E-state index >= 15 is 0 Å². The van der Waals surface area contributed by atoms with Gasteiger partial charge in [-0.05, 0) is 50.1 Å². The maximum absolute atomic E-state index is 12.8. The van der Waals surface area contributed by atoms with Gasteiger partial charge in [0.05, 0.1) is 17.5 Å². The normalized spacial score (nSPS) is 12.7. The van der Waals surface area contributed by atoms with Crippen LogP contribution in [0.15, 0.2) is 84.0 Å². The van der Waals surface area contributed by atoms with Gasteiger partial charge in [0, 0.05) is 11.6 Å². The number of carbonyl (C=O) groups excluding carboxylic acids is 2. The summed E-state index contributed by atoms with van der Waals surface area (Å²) in [6.45, 7) is 3.48. The first kappa shape index (κ1) is 23.5. The Morgan fingerprint density at radius 2 is 1.64 bits per heavy atom. The molecule has 7 nitrogen and oxygen atoms in total. The molecule has 0 radical (unpaired) electrons. The molecule has 7 heteroatoms. The van der Waals surface area contributed by atoms with E-state index in [2.05, 4.69) is 15.8 Å². The van der Waals surface area contributed by atoms with Crippen LogP contribution >= 0.6 is 0 Å². The van der Waals surface area contributed by atoms with E-state index in [1.807, 2.05) is 37.3 Å². The topological polar surface area (TPSA) is 100 Å². The van der Waals surface area contributed by atoms with Crippen molar-refractivity contribution < 1.29 is 19.5 Å². The molecule has 3 aromatic carbocycles. The van der Waals surface area contributed by atoms with Gasteiger partial charge in [-0.2, -0.15) is 0 Å². The number of oxime groups is 1. The van der Waals surface area contributed by atoms with E-state index in [9.17, 15) is 14.7 Å². The number of aromatic hydroxyl groups is 1. The minimum atomic E-state index is -0.916. The van der Waals surface area contributed by atoms with Crippen LogP contribution in [0.5, 0.6) is 5.75 Å². The van der Waals surface area contributed by atoms with Crippen molar-refractivity contribution in [3.05, 3.63) is 95.6 Å². The highest BCUT2D eigenvalue weighted by Gasteiger charge is 2.19. The molecule has 0 heterocycles. The average Bonchev–Trinajstić information content (AvgIpc) is 2.81. The van der Waals surface area contributed by atoms with E-state index in [4.69, 9.17) is 4.84 Å². The predicted molar refractivity (Wildman–Crippen MR) is 128 cm³/mol. The molecule has 0 fully saturated rings. The molecule has 170 valence electrons. The number of rotatable bonds is 9. The summed E-state index contributed by atoms with van der Waals surface area (Å²) in [7, 11) is 0. The van der Waals surface area contributed by atoms with Crippen molar-refractivity contribution in [3.8, 4) is 5.75 Å². The number of phenols is 1. The van der Waals surface area contributed by atoms with Crippen molar-refractivity contribution in [1.29, 1.82) is 0 Å². The molecule has 0 aliphatic carbocycles. The number of carbonyl (C=O) groups is 2. The summed E-state index contributed by atoms with van der Waals surface area (Å²) in [5.74, 6) is -0.675. The van der Waals surface area contributed by atoms with Gasteiger partial charge in [-0.1, -0.05) is 59.8 Å². The number of hydrogen-bond donors (Lipinski definition) is 3. The Kier molecular flexibility index (Phi) is 8.18. The Morgan fingerprint density at radius 3 is 2.39 bits per heavy atom. The SMILES string of the molecule is C[C@H](Cc1ccccc1)NC(=O)c1ccccc1NC(=O)[C@@H](C)O/N=C/c1ccccc1O. The number of nitrogens with zero attached hydrogens (tertiary/aromatic N) is 1. The van der Waals surface area contributed by atoms with Crippen molar-refractivity contribution in [2.24, 2.45) is 5.16 Å². The molecule has 2 atom stereocenters. The number of phenolic OH excluding ortho intramolecular Hbond substituents is 1. The van der Waals surface area contributed by atoms with Gasteiger partial charge in [0.25, 0.3) is 11.8 Å². The van der Waals surface area contributed by atoms with Gasteiger partial charge < -0.3 is 20.6 Å². The number of para-hydroxylation sites is 2. The van der Waals surface area contributed by atoms with Crippen LogP contribution in [0.2, 0.25) is 0 Å². The number of hydrogen-bond acceptors (Lipinski definition) is 5. The Hall–Kier alpha value is -4.13. The molecular formula is C26H27N3O4. The van der Waals surface area contributed by atoms with Crippen LogP contribution < -0.4 is 10.6 Å². The molecule has 2 amide bonds. The second-order valence-electron chi connectivity index (χ2n) is 7.64. The summed E-state index contributed by atoms with van der Waals surface area (Å²) in [4.78, 5) is 30.6. The van der Waals surface area contributed by atoms with E-state index in [0.29, 0.717) is 23.2 Å². The largest absolute Gasteiger partial charge is 0.507 e. The number of amides is 2. The fraction of sp³-hybridized carbons (Fsp3) is 0.192. The lowest BCUT2D eigenvalue weighted by atomic mass is 10.1. The Bertz CT molecular complexity index is 1120. The molecule has 0 saturated carbocycles. The number of benzene rings is 3. The van der Waals surface area contributed by atoms with E-state index in [1.165, 1.54) is 12.3 Å². The summed E-state index contributed by atoms with van der Waals surface area (Å²) in [6, 6.07) is 23.2. The predicted octanol–water partition coefficient (Wildman–Crippen LogP) is 4.13. The van der Waals surface area contributed by atoms with E-state index < -0.39 is 12.0 Å². The highest BCUT2D eigenvalue weighted by atomic mass is 16.6. The maximum Gasteiger partial charge on any atom is 0.268 e. The van der Waals surface area contributed by atoms with Crippen molar-refractivity contribution >= 4 is 23.7 Å². The summed E-state index contributed by atoms with van der Waals surface area (Å²) >= 11 is 0. The van der Waals surface area contributed by atoms with Crippen LogP contribution in [0.4, 0.5) is 5.69 Å². The van der Waals surface area contributed by atoms with E-state index in [0.717, 1.165) is 5.56 Å². The van der Waals surface area contributed by atoms with Gasteiger partial charge in [-0.3, -0.25) is 9.59 Å². The smallest absolute Gasteiger partial charge is 0.268 e. The minimum absolute atomic E-state index is 0.0587. The van der Waals surface area contributed by atoms with Crippen LogP contribution in [-0.4, -0.2) is 35.3 Å². The van der Waals surface area contributed by atoms with Gasteiger partial charge in [-0.25, -0.2) is 0 Å². The molecular weight excluding hydrogens is 418 g/mol. The van der Waals surface area contributed by atoms with Crippen molar-refractivity contribution in [2.45, 2.75) is 32.4 Å².